The number of ether oxygens (including phenoxy) is 2. The Hall–Kier alpha value is -2.19. The lowest BCUT2D eigenvalue weighted by Gasteiger charge is -2.37. The van der Waals surface area contributed by atoms with Gasteiger partial charge in [-0.05, 0) is 32.4 Å². The van der Waals surface area contributed by atoms with E-state index in [0.717, 1.165) is 12.1 Å². The van der Waals surface area contributed by atoms with Crippen molar-refractivity contribution < 1.29 is 40.6 Å². The lowest BCUT2D eigenvalue weighted by molar-refractivity contribution is -0.377. The van der Waals surface area contributed by atoms with Crippen molar-refractivity contribution in [2.45, 2.75) is 44.3 Å². The molecule has 0 N–H and O–H groups in total. The number of hydrogen-bond acceptors (Lipinski definition) is 3. The fraction of sp³-hybridized carbons (Fsp3) is 0.438. The van der Waals surface area contributed by atoms with E-state index in [1.807, 2.05) is 0 Å². The van der Waals surface area contributed by atoms with Crippen molar-refractivity contribution in [3.05, 3.63) is 42.0 Å². The third-order valence-electron chi connectivity index (χ3n) is 2.95. The Bertz CT molecular complexity index is 626. The van der Waals surface area contributed by atoms with E-state index in [4.69, 9.17) is 0 Å². The molecular formula is C16H16F6O3. The van der Waals surface area contributed by atoms with E-state index in [-0.39, 0.29) is 5.56 Å². The number of carbonyl (C=O) groups is 1. The number of hydrogen-bond donors (Lipinski definition) is 0. The maximum absolute atomic E-state index is 13.5. The Kier molecular flexibility index (Phi) is 5.51. The summed E-state index contributed by atoms with van der Waals surface area (Å²) in [5.74, 6) is 0. The zero-order chi connectivity index (χ0) is 19.7. The van der Waals surface area contributed by atoms with Gasteiger partial charge in [-0.1, -0.05) is 30.9 Å². The largest absolute Gasteiger partial charge is 0.510 e. The molecule has 0 aliphatic rings. The molecule has 0 aliphatic heterocycles. The third-order valence-corrected chi connectivity index (χ3v) is 2.95. The highest BCUT2D eigenvalue weighted by atomic mass is 19.4. The minimum Gasteiger partial charge on any atom is -0.429 e. The summed E-state index contributed by atoms with van der Waals surface area (Å²) in [4.78, 5) is 11.6. The van der Waals surface area contributed by atoms with E-state index < -0.39 is 35.3 Å². The van der Waals surface area contributed by atoms with E-state index in [2.05, 4.69) is 16.1 Å². The molecule has 9 heteroatoms. The van der Waals surface area contributed by atoms with Gasteiger partial charge in [0.15, 0.2) is 0 Å². The van der Waals surface area contributed by atoms with Crippen molar-refractivity contribution in [3.8, 4) is 0 Å². The van der Waals surface area contributed by atoms with Crippen LogP contribution in [0, 0.1) is 0 Å². The van der Waals surface area contributed by atoms with Gasteiger partial charge >= 0.3 is 24.1 Å². The normalized spacial score (nSPS) is 13.3. The Balaban J connectivity index is 3.59. The van der Waals surface area contributed by atoms with Gasteiger partial charge in [0.25, 0.3) is 0 Å². The summed E-state index contributed by atoms with van der Waals surface area (Å²) in [5, 5.41) is 0. The zero-order valence-corrected chi connectivity index (χ0v) is 13.6. The highest BCUT2D eigenvalue weighted by Gasteiger charge is 2.75. The second-order valence-electron chi connectivity index (χ2n) is 6.07. The Labute approximate surface area is 140 Å². The van der Waals surface area contributed by atoms with Gasteiger partial charge in [-0.15, -0.1) is 0 Å². The molecule has 0 saturated heterocycles. The van der Waals surface area contributed by atoms with Crippen LogP contribution in [0.1, 0.15) is 31.9 Å². The Morgan fingerprint density at radius 2 is 1.52 bits per heavy atom. The smallest absolute Gasteiger partial charge is 0.429 e. The minimum atomic E-state index is -5.98. The second-order valence-corrected chi connectivity index (χ2v) is 6.07. The average molecular weight is 370 g/mol. The van der Waals surface area contributed by atoms with Crippen molar-refractivity contribution in [3.63, 3.8) is 0 Å². The topological polar surface area (TPSA) is 35.5 Å². The predicted molar refractivity (Wildman–Crippen MR) is 77.6 cm³/mol. The number of halogens is 6. The first kappa shape index (κ1) is 20.9. The minimum absolute atomic E-state index is 0.0110. The molecule has 25 heavy (non-hydrogen) atoms. The molecular weight excluding hydrogens is 354 g/mol. The van der Waals surface area contributed by atoms with Crippen molar-refractivity contribution in [1.82, 2.24) is 0 Å². The highest BCUT2D eigenvalue weighted by molar-refractivity contribution is 5.62. The molecule has 1 rings (SSSR count). The van der Waals surface area contributed by atoms with Crippen LogP contribution in [0.5, 0.6) is 0 Å². The van der Waals surface area contributed by atoms with Crippen LogP contribution in [0.15, 0.2) is 30.8 Å². The maximum atomic E-state index is 13.5. The van der Waals surface area contributed by atoms with Gasteiger partial charge in [-0.2, -0.15) is 26.3 Å². The van der Waals surface area contributed by atoms with E-state index >= 15 is 0 Å². The fourth-order valence-electron chi connectivity index (χ4n) is 1.94. The molecule has 0 spiro atoms. The molecule has 0 amide bonds. The maximum Gasteiger partial charge on any atom is 0.510 e. The van der Waals surface area contributed by atoms with Crippen LogP contribution < -0.4 is 0 Å². The van der Waals surface area contributed by atoms with Crippen LogP contribution in [-0.4, -0.2) is 24.1 Å². The monoisotopic (exact) mass is 370 g/mol. The fourth-order valence-corrected chi connectivity index (χ4v) is 1.94. The quantitative estimate of drug-likeness (QED) is 0.513. The summed E-state index contributed by atoms with van der Waals surface area (Å²) < 4.78 is 89.4. The van der Waals surface area contributed by atoms with E-state index in [0.29, 0.717) is 12.1 Å². The molecule has 0 radical (unpaired) electrons. The molecule has 3 nitrogen and oxygen atoms in total. The first-order valence-corrected chi connectivity index (χ1v) is 6.92. The van der Waals surface area contributed by atoms with Crippen LogP contribution in [0.3, 0.4) is 0 Å². The van der Waals surface area contributed by atoms with E-state index in [9.17, 15) is 31.1 Å². The molecule has 0 aliphatic carbocycles. The average Bonchev–Trinajstić information content (AvgIpc) is 2.40. The molecule has 0 bridgehead atoms. The Morgan fingerprint density at radius 3 is 1.92 bits per heavy atom. The standard InChI is InChI=1S/C16H16F6O3/c1-5-10-7-6-8-11(9-10)14(15(17,18)19,16(20,21)22)25-12(23)24-13(2,3)4/h5-9H,1H2,2-4H3. The van der Waals surface area contributed by atoms with Crippen molar-refractivity contribution in [1.29, 1.82) is 0 Å². The van der Waals surface area contributed by atoms with Crippen LogP contribution >= 0.6 is 0 Å². The molecule has 1 aromatic rings. The van der Waals surface area contributed by atoms with Gasteiger partial charge in [-0.25, -0.2) is 4.79 Å². The predicted octanol–water partition coefficient (Wildman–Crippen LogP) is 5.60. The number of carbonyl (C=O) groups excluding carboxylic acids is 1. The molecule has 0 saturated carbocycles. The molecule has 140 valence electrons. The van der Waals surface area contributed by atoms with Crippen LogP contribution in [0.2, 0.25) is 0 Å². The van der Waals surface area contributed by atoms with Crippen molar-refractivity contribution in [2.24, 2.45) is 0 Å². The summed E-state index contributed by atoms with van der Waals surface area (Å²) in [6.07, 6.45) is -13.0. The van der Waals surface area contributed by atoms with Gasteiger partial charge in [-0.3, -0.25) is 0 Å². The lowest BCUT2D eigenvalue weighted by Crippen LogP contribution is -2.57. The molecule has 0 atom stereocenters. The molecule has 0 heterocycles. The van der Waals surface area contributed by atoms with Crippen LogP contribution in [0.25, 0.3) is 6.08 Å². The molecule has 1 aromatic carbocycles. The molecule has 0 fully saturated rings. The SMILES string of the molecule is C=Cc1cccc(C(OC(=O)OC(C)(C)C)(C(F)(F)F)C(F)(F)F)c1. The van der Waals surface area contributed by atoms with E-state index in [1.54, 1.807) is 0 Å². The summed E-state index contributed by atoms with van der Waals surface area (Å²) in [6, 6.07) is 3.38. The Morgan fingerprint density at radius 1 is 1.00 bits per heavy atom. The van der Waals surface area contributed by atoms with E-state index in [1.165, 1.54) is 26.8 Å². The summed E-state index contributed by atoms with van der Waals surface area (Å²) in [6.45, 7) is 7.11. The summed E-state index contributed by atoms with van der Waals surface area (Å²) in [5.41, 5.74) is -7.54. The first-order valence-electron chi connectivity index (χ1n) is 6.92. The van der Waals surface area contributed by atoms with Gasteiger partial charge in [0.2, 0.25) is 0 Å². The summed E-state index contributed by atoms with van der Waals surface area (Å²) in [7, 11) is 0. The van der Waals surface area contributed by atoms with Crippen LogP contribution in [-0.2, 0) is 15.1 Å². The highest BCUT2D eigenvalue weighted by Crippen LogP contribution is 2.53. The summed E-state index contributed by atoms with van der Waals surface area (Å²) >= 11 is 0. The van der Waals surface area contributed by atoms with Crippen molar-refractivity contribution in [2.75, 3.05) is 0 Å². The lowest BCUT2D eigenvalue weighted by atomic mass is 9.90. The number of benzene rings is 1. The first-order chi connectivity index (χ1) is 11.1. The number of alkyl halides is 6. The third kappa shape index (κ3) is 4.46. The second kappa shape index (κ2) is 6.61. The van der Waals surface area contributed by atoms with Gasteiger partial charge < -0.3 is 9.47 Å². The zero-order valence-electron chi connectivity index (χ0n) is 13.6. The van der Waals surface area contributed by atoms with Crippen LogP contribution in [0.4, 0.5) is 31.1 Å². The van der Waals surface area contributed by atoms with Gasteiger partial charge in [0.1, 0.15) is 5.60 Å². The van der Waals surface area contributed by atoms with Crippen molar-refractivity contribution >= 4 is 12.2 Å². The van der Waals surface area contributed by atoms with Gasteiger partial charge in [0, 0.05) is 5.56 Å². The molecule has 0 aromatic heterocycles. The number of rotatable bonds is 3. The molecule has 0 unspecified atom stereocenters. The van der Waals surface area contributed by atoms with Gasteiger partial charge in [0.05, 0.1) is 0 Å².